The van der Waals surface area contributed by atoms with Gasteiger partial charge in [-0.05, 0) is 86.4 Å². The third-order valence-electron chi connectivity index (χ3n) is 8.02. The summed E-state index contributed by atoms with van der Waals surface area (Å²) in [6, 6.07) is 12.9. The second-order valence-electron chi connectivity index (χ2n) is 10.8. The largest absolute Gasteiger partial charge is 0.351 e. The minimum absolute atomic E-state index is 0.0228. The van der Waals surface area contributed by atoms with Gasteiger partial charge < -0.3 is 21.3 Å². The van der Waals surface area contributed by atoms with E-state index in [0.29, 0.717) is 24.9 Å². The Morgan fingerprint density at radius 3 is 2.72 bits per heavy atom. The topological polar surface area (TPSA) is 78.1 Å². The van der Waals surface area contributed by atoms with Crippen LogP contribution in [0, 0.1) is 5.92 Å². The minimum Gasteiger partial charge on any atom is -0.351 e. The van der Waals surface area contributed by atoms with Crippen molar-refractivity contribution in [3.05, 3.63) is 65.0 Å². The molecule has 0 radical (unpaired) electrons. The lowest BCUT2D eigenvalue weighted by Crippen LogP contribution is -2.41. The average Bonchev–Trinajstić information content (AvgIpc) is 3.24. The molecule has 36 heavy (non-hydrogen) atoms. The number of amides is 1. The highest BCUT2D eigenvalue weighted by atomic mass is 16.2. The van der Waals surface area contributed by atoms with Crippen molar-refractivity contribution >= 4 is 5.91 Å². The molecule has 0 saturated heterocycles. The maximum atomic E-state index is 12.7. The average molecular weight is 492 g/mol. The Hall–Kier alpha value is -2.28. The first-order valence-corrected chi connectivity index (χ1v) is 14.1. The molecule has 4 rings (SSSR count). The Balaban J connectivity index is 1.20. The molecule has 1 heterocycles. The molecule has 2 unspecified atom stereocenters. The molecular formula is C30H45N5O. The molecule has 0 bridgehead atoms. The van der Waals surface area contributed by atoms with Crippen molar-refractivity contribution in [3.8, 4) is 0 Å². The highest BCUT2D eigenvalue weighted by molar-refractivity contribution is 5.81. The van der Waals surface area contributed by atoms with E-state index in [2.05, 4.69) is 51.4 Å². The lowest BCUT2D eigenvalue weighted by Gasteiger charge is -2.23. The predicted octanol–water partition coefficient (Wildman–Crippen LogP) is 4.05. The van der Waals surface area contributed by atoms with Crippen LogP contribution in [-0.4, -0.2) is 42.6 Å². The Kier molecular flexibility index (Phi) is 10.3. The van der Waals surface area contributed by atoms with Crippen LogP contribution in [0.25, 0.3) is 0 Å². The van der Waals surface area contributed by atoms with Crippen LogP contribution in [0.5, 0.6) is 0 Å². The smallest absolute Gasteiger partial charge is 0.237 e. The normalized spacial score (nSPS) is 20.7. The van der Waals surface area contributed by atoms with Gasteiger partial charge in [-0.3, -0.25) is 9.78 Å². The number of aromatic nitrogens is 1. The Morgan fingerprint density at radius 2 is 1.92 bits per heavy atom. The number of hydrogen-bond acceptors (Lipinski definition) is 5. The zero-order valence-electron chi connectivity index (χ0n) is 22.2. The van der Waals surface area contributed by atoms with Crippen LogP contribution >= 0.6 is 0 Å². The van der Waals surface area contributed by atoms with E-state index in [0.717, 1.165) is 37.8 Å². The van der Waals surface area contributed by atoms with Gasteiger partial charge in [0.2, 0.25) is 5.91 Å². The van der Waals surface area contributed by atoms with Crippen LogP contribution in [0.15, 0.2) is 42.6 Å². The standard InChI is InChI=1S/C30H45N5O/c1-22-18-28-24(19-35-30(36)23(2)34-20-26-13-6-7-16-33-26)10-8-14-27(28)29(22)21-31-15-9-17-32-25-11-4-3-5-12-25/h6-8,10,13-14,16,22-23,25,29,31-32,34H,3-5,9,11-12,15,17-21H2,1-2H3,(H,35,36)/t22?,23-,29?/m0/s1. The van der Waals surface area contributed by atoms with E-state index in [1.165, 1.54) is 55.2 Å². The van der Waals surface area contributed by atoms with E-state index in [1.807, 2.05) is 25.1 Å². The van der Waals surface area contributed by atoms with Gasteiger partial charge in [-0.1, -0.05) is 50.5 Å². The van der Waals surface area contributed by atoms with Crippen molar-refractivity contribution in [3.63, 3.8) is 0 Å². The van der Waals surface area contributed by atoms with Gasteiger partial charge in [0.25, 0.3) is 0 Å². The first-order chi connectivity index (χ1) is 17.6. The van der Waals surface area contributed by atoms with Crippen LogP contribution < -0.4 is 21.3 Å². The summed E-state index contributed by atoms with van der Waals surface area (Å²) in [6.45, 7) is 8.65. The predicted molar refractivity (Wildman–Crippen MR) is 147 cm³/mol. The van der Waals surface area contributed by atoms with E-state index >= 15 is 0 Å². The zero-order valence-corrected chi connectivity index (χ0v) is 22.2. The summed E-state index contributed by atoms with van der Waals surface area (Å²) in [5, 5.41) is 13.9. The molecule has 2 aliphatic carbocycles. The Labute approximate surface area is 217 Å². The summed E-state index contributed by atoms with van der Waals surface area (Å²) in [7, 11) is 0. The molecule has 0 spiro atoms. The number of carbonyl (C=O) groups excluding carboxylic acids is 1. The molecule has 1 saturated carbocycles. The van der Waals surface area contributed by atoms with E-state index in [4.69, 9.17) is 0 Å². The van der Waals surface area contributed by atoms with Gasteiger partial charge in [0.1, 0.15) is 0 Å². The first kappa shape index (κ1) is 26.8. The zero-order chi connectivity index (χ0) is 25.2. The van der Waals surface area contributed by atoms with Crippen molar-refractivity contribution in [1.82, 2.24) is 26.3 Å². The molecule has 1 fully saturated rings. The van der Waals surface area contributed by atoms with Gasteiger partial charge in [0.15, 0.2) is 0 Å². The molecule has 4 N–H and O–H groups in total. The number of rotatable bonds is 13. The van der Waals surface area contributed by atoms with E-state index in [9.17, 15) is 4.79 Å². The van der Waals surface area contributed by atoms with Crippen LogP contribution in [0.1, 0.15) is 80.7 Å². The number of nitrogens with zero attached hydrogens (tertiary/aromatic N) is 1. The number of fused-ring (bicyclic) bond motifs is 1. The number of hydrogen-bond donors (Lipinski definition) is 4. The third-order valence-corrected chi connectivity index (χ3v) is 8.02. The SMILES string of the molecule is CC1Cc2c(CNC(=O)[C@H](C)NCc3ccccn3)cccc2C1CNCCCNC1CCCCC1. The van der Waals surface area contributed by atoms with E-state index in [1.54, 1.807) is 6.20 Å². The quantitative estimate of drug-likeness (QED) is 0.318. The lowest BCUT2D eigenvalue weighted by atomic mass is 9.94. The molecule has 196 valence electrons. The van der Waals surface area contributed by atoms with Crippen molar-refractivity contribution in [2.45, 2.75) is 89.9 Å². The molecule has 1 aromatic carbocycles. The maximum Gasteiger partial charge on any atom is 0.237 e. The Morgan fingerprint density at radius 1 is 1.06 bits per heavy atom. The number of carbonyl (C=O) groups is 1. The number of benzene rings is 1. The van der Waals surface area contributed by atoms with Crippen molar-refractivity contribution in [1.29, 1.82) is 0 Å². The molecule has 2 aliphatic rings. The van der Waals surface area contributed by atoms with Crippen molar-refractivity contribution in [2.75, 3.05) is 19.6 Å². The van der Waals surface area contributed by atoms with Gasteiger partial charge in [-0.2, -0.15) is 0 Å². The maximum absolute atomic E-state index is 12.7. The van der Waals surface area contributed by atoms with Gasteiger partial charge in [0, 0.05) is 31.9 Å². The van der Waals surface area contributed by atoms with Gasteiger partial charge in [-0.25, -0.2) is 0 Å². The first-order valence-electron chi connectivity index (χ1n) is 14.1. The van der Waals surface area contributed by atoms with Crippen molar-refractivity contribution < 1.29 is 4.79 Å². The van der Waals surface area contributed by atoms with E-state index < -0.39 is 0 Å². The highest BCUT2D eigenvalue weighted by Gasteiger charge is 2.30. The molecule has 2 aromatic rings. The van der Waals surface area contributed by atoms with Gasteiger partial charge in [0.05, 0.1) is 11.7 Å². The minimum atomic E-state index is -0.271. The molecule has 6 nitrogen and oxygen atoms in total. The lowest BCUT2D eigenvalue weighted by molar-refractivity contribution is -0.122. The van der Waals surface area contributed by atoms with Crippen LogP contribution in [0.2, 0.25) is 0 Å². The molecular weight excluding hydrogens is 446 g/mol. The molecule has 1 aromatic heterocycles. The van der Waals surface area contributed by atoms with Crippen molar-refractivity contribution in [2.24, 2.45) is 5.92 Å². The summed E-state index contributed by atoms with van der Waals surface area (Å²) < 4.78 is 0. The fraction of sp³-hybridized carbons (Fsp3) is 0.600. The monoisotopic (exact) mass is 491 g/mol. The third kappa shape index (κ3) is 7.61. The fourth-order valence-electron chi connectivity index (χ4n) is 5.77. The summed E-state index contributed by atoms with van der Waals surface area (Å²) in [4.78, 5) is 17.0. The molecule has 6 heteroatoms. The summed E-state index contributed by atoms with van der Waals surface area (Å²) in [5.41, 5.74) is 5.09. The second kappa shape index (κ2) is 13.9. The van der Waals surface area contributed by atoms with Crippen LogP contribution in [0.3, 0.4) is 0 Å². The molecule has 0 aliphatic heterocycles. The fourth-order valence-corrected chi connectivity index (χ4v) is 5.77. The van der Waals surface area contributed by atoms with Gasteiger partial charge >= 0.3 is 0 Å². The summed E-state index contributed by atoms with van der Waals surface area (Å²) >= 11 is 0. The summed E-state index contributed by atoms with van der Waals surface area (Å²) in [6.07, 6.45) is 11.0. The molecule has 3 atom stereocenters. The molecule has 1 amide bonds. The highest BCUT2D eigenvalue weighted by Crippen LogP contribution is 2.39. The van der Waals surface area contributed by atoms with Crippen LogP contribution in [-0.2, 0) is 24.3 Å². The van der Waals surface area contributed by atoms with Crippen LogP contribution in [0.4, 0.5) is 0 Å². The number of nitrogens with one attached hydrogen (secondary N) is 4. The second-order valence-corrected chi connectivity index (χ2v) is 10.8. The Bertz CT molecular complexity index is 944. The summed E-state index contributed by atoms with van der Waals surface area (Å²) in [5.74, 6) is 1.18. The van der Waals surface area contributed by atoms with Gasteiger partial charge in [-0.15, -0.1) is 0 Å². The number of pyridine rings is 1. The van der Waals surface area contributed by atoms with E-state index in [-0.39, 0.29) is 11.9 Å².